The molecular weight excluding hydrogens is 485 g/mol. The molecule has 0 heterocycles. The lowest BCUT2D eigenvalue weighted by Gasteiger charge is -2.31. The quantitative estimate of drug-likeness (QED) is 0.593. The van der Waals surface area contributed by atoms with Crippen molar-refractivity contribution in [2.45, 2.75) is 19.5 Å². The molecule has 11 heteroatoms. The van der Waals surface area contributed by atoms with Crippen molar-refractivity contribution in [1.29, 1.82) is 0 Å². The van der Waals surface area contributed by atoms with Gasteiger partial charge in [0.1, 0.15) is 12.6 Å². The number of nitrogens with one attached hydrogen (secondary N) is 1. The van der Waals surface area contributed by atoms with Gasteiger partial charge in [0.25, 0.3) is 0 Å². The number of nitrogens with zero attached hydrogens (tertiary/aromatic N) is 2. The van der Waals surface area contributed by atoms with Gasteiger partial charge in [-0.05, 0) is 37.3 Å². The van der Waals surface area contributed by atoms with E-state index in [9.17, 15) is 18.0 Å². The summed E-state index contributed by atoms with van der Waals surface area (Å²) in [6.07, 6.45) is 0.985. The molecule has 0 aliphatic rings. The van der Waals surface area contributed by atoms with Gasteiger partial charge in [-0.25, -0.2) is 8.42 Å². The van der Waals surface area contributed by atoms with E-state index in [4.69, 9.17) is 34.8 Å². The Labute approximate surface area is 196 Å². The fourth-order valence-corrected chi connectivity index (χ4v) is 4.43. The average molecular weight is 507 g/mol. The molecule has 0 bridgehead atoms. The van der Waals surface area contributed by atoms with Gasteiger partial charge in [-0.1, -0.05) is 46.9 Å². The fraction of sp³-hybridized carbons (Fsp3) is 0.300. The highest BCUT2D eigenvalue weighted by atomic mass is 35.5. The van der Waals surface area contributed by atoms with Crippen LogP contribution in [-0.2, 0) is 26.2 Å². The maximum absolute atomic E-state index is 13.3. The molecule has 2 aromatic carbocycles. The Kier molecular flexibility index (Phi) is 8.59. The van der Waals surface area contributed by atoms with Crippen LogP contribution in [0.5, 0.6) is 0 Å². The van der Waals surface area contributed by atoms with E-state index in [0.29, 0.717) is 20.6 Å². The van der Waals surface area contributed by atoms with E-state index in [1.54, 1.807) is 30.3 Å². The van der Waals surface area contributed by atoms with Crippen LogP contribution in [0.25, 0.3) is 0 Å². The summed E-state index contributed by atoms with van der Waals surface area (Å²) in [7, 11) is -2.39. The Morgan fingerprint density at radius 1 is 1.06 bits per heavy atom. The summed E-state index contributed by atoms with van der Waals surface area (Å²) >= 11 is 18.5. The molecule has 2 rings (SSSR count). The summed E-state index contributed by atoms with van der Waals surface area (Å²) < 4.78 is 25.8. The third-order valence-corrected chi connectivity index (χ3v) is 6.66. The highest BCUT2D eigenvalue weighted by Gasteiger charge is 2.30. The van der Waals surface area contributed by atoms with Crippen molar-refractivity contribution < 1.29 is 18.0 Å². The van der Waals surface area contributed by atoms with Gasteiger partial charge < -0.3 is 10.2 Å². The molecule has 0 saturated carbocycles. The normalized spacial score (nSPS) is 12.2. The topological polar surface area (TPSA) is 86.8 Å². The highest BCUT2D eigenvalue weighted by Crippen LogP contribution is 2.27. The molecule has 0 fully saturated rings. The molecular formula is C20H22Cl3N3O4S. The minimum absolute atomic E-state index is 0.0843. The molecule has 0 spiro atoms. The van der Waals surface area contributed by atoms with Crippen LogP contribution in [0.1, 0.15) is 12.5 Å². The first-order valence-corrected chi connectivity index (χ1v) is 12.1. The van der Waals surface area contributed by atoms with Crippen LogP contribution in [0.4, 0.5) is 5.69 Å². The fourth-order valence-electron chi connectivity index (χ4n) is 2.89. The molecule has 31 heavy (non-hydrogen) atoms. The molecule has 168 valence electrons. The number of carbonyl (C=O) groups is 2. The minimum atomic E-state index is -3.83. The second-order valence-electron chi connectivity index (χ2n) is 6.76. The second-order valence-corrected chi connectivity index (χ2v) is 9.92. The van der Waals surface area contributed by atoms with E-state index in [1.807, 2.05) is 0 Å². The number of rotatable bonds is 8. The van der Waals surface area contributed by atoms with Crippen molar-refractivity contribution in [3.05, 3.63) is 63.1 Å². The highest BCUT2D eigenvalue weighted by molar-refractivity contribution is 7.92. The number of hydrogen-bond acceptors (Lipinski definition) is 4. The first-order chi connectivity index (χ1) is 14.5. The van der Waals surface area contributed by atoms with Gasteiger partial charge in [-0.2, -0.15) is 0 Å². The van der Waals surface area contributed by atoms with Gasteiger partial charge in [0, 0.05) is 34.2 Å². The Morgan fingerprint density at radius 2 is 1.65 bits per heavy atom. The predicted octanol–water partition coefficient (Wildman–Crippen LogP) is 3.58. The lowest BCUT2D eigenvalue weighted by Crippen LogP contribution is -2.50. The summed E-state index contributed by atoms with van der Waals surface area (Å²) in [5, 5.41) is 3.45. The van der Waals surface area contributed by atoms with E-state index in [2.05, 4.69) is 5.32 Å². The number of anilines is 1. The van der Waals surface area contributed by atoms with Gasteiger partial charge in [0.05, 0.1) is 11.9 Å². The molecule has 7 nitrogen and oxygen atoms in total. The number of amides is 2. The van der Waals surface area contributed by atoms with Gasteiger partial charge in [0.15, 0.2) is 0 Å². The van der Waals surface area contributed by atoms with Crippen molar-refractivity contribution in [3.8, 4) is 0 Å². The van der Waals surface area contributed by atoms with Gasteiger partial charge in [0.2, 0.25) is 21.8 Å². The van der Waals surface area contributed by atoms with E-state index in [-0.39, 0.29) is 12.2 Å². The molecule has 1 atom stereocenters. The number of hydrogen-bond donors (Lipinski definition) is 1. The molecule has 2 aromatic rings. The molecule has 0 aliphatic heterocycles. The average Bonchev–Trinajstić information content (AvgIpc) is 2.69. The van der Waals surface area contributed by atoms with Crippen molar-refractivity contribution in [3.63, 3.8) is 0 Å². The van der Waals surface area contributed by atoms with Gasteiger partial charge in [-0.15, -0.1) is 0 Å². The lowest BCUT2D eigenvalue weighted by molar-refractivity contribution is -0.139. The van der Waals surface area contributed by atoms with Crippen LogP contribution in [0, 0.1) is 0 Å². The first kappa shape index (κ1) is 25.3. The third kappa shape index (κ3) is 6.49. The maximum atomic E-state index is 13.3. The standard InChI is InChI=1S/C20H22Cl3N3O4S/c1-13(20(28)24-2)25(11-16-17(22)8-5-9-18(16)23)19(27)12-26(31(3,29)30)15-7-4-6-14(21)10-15/h4-10,13H,11-12H2,1-3H3,(H,24,28). The zero-order chi connectivity index (χ0) is 23.3. The molecule has 0 aromatic heterocycles. The summed E-state index contributed by atoms with van der Waals surface area (Å²) in [4.78, 5) is 26.8. The number of sulfonamides is 1. The van der Waals surface area contributed by atoms with E-state index < -0.39 is 34.4 Å². The predicted molar refractivity (Wildman–Crippen MR) is 124 cm³/mol. The van der Waals surface area contributed by atoms with Crippen molar-refractivity contribution in [2.75, 3.05) is 24.2 Å². The van der Waals surface area contributed by atoms with Crippen molar-refractivity contribution in [1.82, 2.24) is 10.2 Å². The summed E-state index contributed by atoms with van der Waals surface area (Å²) in [6, 6.07) is 10.1. The number of likely N-dealkylation sites (N-methyl/N-ethyl adjacent to an activating group) is 1. The van der Waals surface area contributed by atoms with Crippen LogP contribution < -0.4 is 9.62 Å². The summed E-state index contributed by atoms with van der Waals surface area (Å²) in [6.45, 7) is 0.910. The third-order valence-electron chi connectivity index (χ3n) is 4.58. The molecule has 1 N–H and O–H groups in total. The first-order valence-electron chi connectivity index (χ1n) is 9.13. The van der Waals surface area contributed by atoms with Crippen molar-refractivity contribution >= 4 is 62.3 Å². The van der Waals surface area contributed by atoms with Crippen LogP contribution >= 0.6 is 34.8 Å². The van der Waals surface area contributed by atoms with Crippen LogP contribution in [0.15, 0.2) is 42.5 Å². The number of carbonyl (C=O) groups excluding carboxylic acids is 2. The molecule has 2 amide bonds. The largest absolute Gasteiger partial charge is 0.357 e. The molecule has 0 aliphatic carbocycles. The van der Waals surface area contributed by atoms with Crippen LogP contribution in [-0.4, -0.2) is 51.0 Å². The number of benzene rings is 2. The maximum Gasteiger partial charge on any atom is 0.244 e. The van der Waals surface area contributed by atoms with Crippen LogP contribution in [0.3, 0.4) is 0 Å². The summed E-state index contributed by atoms with van der Waals surface area (Å²) in [5.74, 6) is -1.04. The Morgan fingerprint density at radius 3 is 2.16 bits per heavy atom. The zero-order valence-corrected chi connectivity index (χ0v) is 20.2. The SMILES string of the molecule is CNC(=O)C(C)N(Cc1c(Cl)cccc1Cl)C(=O)CN(c1cccc(Cl)c1)S(C)(=O)=O. The second kappa shape index (κ2) is 10.5. The van der Waals surface area contributed by atoms with Crippen LogP contribution in [0.2, 0.25) is 15.1 Å². The van der Waals surface area contributed by atoms with E-state index in [0.717, 1.165) is 10.6 Å². The van der Waals surface area contributed by atoms with Gasteiger partial charge >= 0.3 is 0 Å². The Bertz CT molecular complexity index is 1060. The lowest BCUT2D eigenvalue weighted by atomic mass is 10.1. The summed E-state index contributed by atoms with van der Waals surface area (Å²) in [5.41, 5.74) is 0.676. The monoisotopic (exact) mass is 505 g/mol. The Hall–Kier alpha value is -2.00. The number of halogens is 3. The van der Waals surface area contributed by atoms with E-state index in [1.165, 1.54) is 31.0 Å². The minimum Gasteiger partial charge on any atom is -0.357 e. The Balaban J connectivity index is 2.44. The van der Waals surface area contributed by atoms with Crippen molar-refractivity contribution in [2.24, 2.45) is 0 Å². The molecule has 0 saturated heterocycles. The zero-order valence-electron chi connectivity index (χ0n) is 17.1. The van der Waals surface area contributed by atoms with Gasteiger partial charge in [-0.3, -0.25) is 13.9 Å². The smallest absolute Gasteiger partial charge is 0.244 e. The molecule has 1 unspecified atom stereocenters. The molecule has 0 radical (unpaired) electrons. The van der Waals surface area contributed by atoms with E-state index >= 15 is 0 Å².